The lowest BCUT2D eigenvalue weighted by Gasteiger charge is -2.13. The molecule has 3 rings (SSSR count). The van der Waals surface area contributed by atoms with Crippen LogP contribution in [0.5, 0.6) is 5.75 Å². The molecule has 0 aliphatic carbocycles. The third kappa shape index (κ3) is 5.58. The molecule has 29 heavy (non-hydrogen) atoms. The lowest BCUT2D eigenvalue weighted by atomic mass is 10.2. The van der Waals surface area contributed by atoms with E-state index in [-0.39, 0.29) is 17.8 Å². The Morgan fingerprint density at radius 3 is 2.52 bits per heavy atom. The van der Waals surface area contributed by atoms with Crippen molar-refractivity contribution in [3.63, 3.8) is 0 Å². The van der Waals surface area contributed by atoms with Crippen molar-refractivity contribution in [3.05, 3.63) is 65.8 Å². The molecule has 1 N–H and O–H groups in total. The largest absolute Gasteiger partial charge is 0.485 e. The van der Waals surface area contributed by atoms with Crippen molar-refractivity contribution in [2.45, 2.75) is 18.4 Å². The predicted molar refractivity (Wildman–Crippen MR) is 109 cm³/mol. The van der Waals surface area contributed by atoms with Gasteiger partial charge in [0.05, 0.1) is 5.69 Å². The molecular formula is C20H20N4O4S. The fourth-order valence-corrected chi connectivity index (χ4v) is 3.04. The van der Waals surface area contributed by atoms with E-state index in [4.69, 9.17) is 9.26 Å². The zero-order chi connectivity index (χ0) is 20.8. The van der Waals surface area contributed by atoms with Crippen LogP contribution in [-0.4, -0.2) is 40.3 Å². The summed E-state index contributed by atoms with van der Waals surface area (Å²) < 4.78 is 10.5. The minimum atomic E-state index is -0.282. The summed E-state index contributed by atoms with van der Waals surface area (Å²) in [6.45, 7) is 1.88. The normalized spacial score (nSPS) is 10.4. The van der Waals surface area contributed by atoms with E-state index < -0.39 is 0 Å². The Morgan fingerprint density at radius 1 is 1.14 bits per heavy atom. The van der Waals surface area contributed by atoms with Crippen LogP contribution in [0.25, 0.3) is 0 Å². The van der Waals surface area contributed by atoms with Gasteiger partial charge in [0.25, 0.3) is 11.1 Å². The second-order valence-electron chi connectivity index (χ2n) is 6.26. The Hall–Kier alpha value is -3.33. The monoisotopic (exact) mass is 412 g/mol. The highest BCUT2D eigenvalue weighted by Gasteiger charge is 2.13. The number of hydrogen-bond acceptors (Lipinski definition) is 7. The highest BCUT2D eigenvalue weighted by atomic mass is 32.2. The molecule has 0 aliphatic heterocycles. The summed E-state index contributed by atoms with van der Waals surface area (Å²) in [7, 11) is 3.36. The van der Waals surface area contributed by atoms with Gasteiger partial charge in [0.15, 0.2) is 6.61 Å². The van der Waals surface area contributed by atoms with Crippen LogP contribution < -0.4 is 10.1 Å². The van der Waals surface area contributed by atoms with Crippen molar-refractivity contribution >= 4 is 28.6 Å². The molecule has 9 heteroatoms. The number of nitrogens with zero attached hydrogens (tertiary/aromatic N) is 3. The lowest BCUT2D eigenvalue weighted by Crippen LogP contribution is -2.17. The van der Waals surface area contributed by atoms with Crippen molar-refractivity contribution in [1.29, 1.82) is 0 Å². The van der Waals surface area contributed by atoms with E-state index in [1.54, 1.807) is 63.5 Å². The van der Waals surface area contributed by atoms with Crippen LogP contribution in [0.2, 0.25) is 0 Å². The minimum absolute atomic E-state index is 0.120. The molecule has 0 bridgehead atoms. The molecule has 8 nitrogen and oxygen atoms in total. The van der Waals surface area contributed by atoms with Crippen molar-refractivity contribution in [1.82, 2.24) is 15.0 Å². The first-order chi connectivity index (χ1) is 13.9. The summed E-state index contributed by atoms with van der Waals surface area (Å²) in [6.07, 6.45) is 0. The number of amides is 2. The minimum Gasteiger partial charge on any atom is -0.485 e. The summed E-state index contributed by atoms with van der Waals surface area (Å²) in [6, 6.07) is 13.9. The van der Waals surface area contributed by atoms with Crippen molar-refractivity contribution in [3.8, 4) is 5.75 Å². The predicted octanol–water partition coefficient (Wildman–Crippen LogP) is 3.98. The van der Waals surface area contributed by atoms with Crippen molar-refractivity contribution < 1.29 is 18.8 Å². The van der Waals surface area contributed by atoms with Gasteiger partial charge in [0.2, 0.25) is 11.7 Å². The van der Waals surface area contributed by atoms with E-state index in [9.17, 15) is 9.59 Å². The van der Waals surface area contributed by atoms with Crippen LogP contribution in [-0.2, 0) is 6.61 Å². The Kier molecular flexibility index (Phi) is 6.50. The molecule has 0 fully saturated rings. The molecule has 0 aliphatic rings. The quantitative estimate of drug-likeness (QED) is 0.612. The maximum absolute atomic E-state index is 12.6. The molecule has 0 saturated heterocycles. The molecule has 0 saturated carbocycles. The fourth-order valence-electron chi connectivity index (χ4n) is 2.29. The SMILES string of the molecule is Cc1nc(COc2ccc(C(=O)Nc3ccccc3SC(=O)N(C)C)cc2)no1. The summed E-state index contributed by atoms with van der Waals surface area (Å²) in [5, 5.41) is 6.49. The number of thioether (sulfide) groups is 1. The van der Waals surface area contributed by atoms with Gasteiger partial charge in [-0.25, -0.2) is 0 Å². The third-order valence-electron chi connectivity index (χ3n) is 3.75. The number of aromatic nitrogens is 2. The molecular weight excluding hydrogens is 392 g/mol. The van der Waals surface area contributed by atoms with E-state index in [2.05, 4.69) is 15.5 Å². The summed E-state index contributed by atoms with van der Waals surface area (Å²) in [4.78, 5) is 30.8. The molecule has 1 heterocycles. The van der Waals surface area contributed by atoms with Gasteiger partial charge in [0.1, 0.15) is 5.75 Å². The van der Waals surface area contributed by atoms with Gasteiger partial charge in [0, 0.05) is 31.5 Å². The van der Waals surface area contributed by atoms with Crippen LogP contribution in [0.3, 0.4) is 0 Å². The average Bonchev–Trinajstić information content (AvgIpc) is 3.13. The van der Waals surface area contributed by atoms with Gasteiger partial charge in [-0.15, -0.1) is 0 Å². The summed E-state index contributed by atoms with van der Waals surface area (Å²) in [5.74, 6) is 1.22. The Labute approximate surface area is 172 Å². The van der Waals surface area contributed by atoms with Gasteiger partial charge in [-0.1, -0.05) is 17.3 Å². The van der Waals surface area contributed by atoms with Crippen molar-refractivity contribution in [2.24, 2.45) is 0 Å². The van der Waals surface area contributed by atoms with Gasteiger partial charge < -0.3 is 19.5 Å². The van der Waals surface area contributed by atoms with Crippen LogP contribution in [0.1, 0.15) is 22.1 Å². The zero-order valence-corrected chi connectivity index (χ0v) is 17.0. The topological polar surface area (TPSA) is 97.6 Å². The molecule has 0 radical (unpaired) electrons. The number of para-hydroxylation sites is 1. The number of nitrogens with one attached hydrogen (secondary N) is 1. The number of hydrogen-bond donors (Lipinski definition) is 1. The Bertz CT molecular complexity index is 1000. The second-order valence-corrected chi connectivity index (χ2v) is 7.25. The van der Waals surface area contributed by atoms with Gasteiger partial charge >= 0.3 is 0 Å². The number of anilines is 1. The molecule has 0 unspecified atom stereocenters. The first kappa shape index (κ1) is 20.4. The zero-order valence-electron chi connectivity index (χ0n) is 16.2. The van der Waals surface area contributed by atoms with E-state index >= 15 is 0 Å². The van der Waals surface area contributed by atoms with E-state index in [0.29, 0.717) is 33.6 Å². The lowest BCUT2D eigenvalue weighted by molar-refractivity contribution is 0.102. The number of rotatable bonds is 6. The first-order valence-corrected chi connectivity index (χ1v) is 9.55. The van der Waals surface area contributed by atoms with Crippen LogP contribution in [0.15, 0.2) is 57.9 Å². The maximum Gasteiger partial charge on any atom is 0.286 e. The van der Waals surface area contributed by atoms with E-state index in [1.807, 2.05) is 6.07 Å². The number of benzene rings is 2. The van der Waals surface area contributed by atoms with Crippen LogP contribution in [0.4, 0.5) is 10.5 Å². The highest BCUT2D eigenvalue weighted by Crippen LogP contribution is 2.29. The highest BCUT2D eigenvalue weighted by molar-refractivity contribution is 8.13. The average molecular weight is 412 g/mol. The standard InChI is InChI=1S/C20H20N4O4S/c1-13-21-18(23-28-13)12-27-15-10-8-14(9-11-15)19(25)22-16-6-4-5-7-17(16)29-20(26)24(2)3/h4-11H,12H2,1-3H3,(H,22,25). The second kappa shape index (κ2) is 9.24. The van der Waals surface area contributed by atoms with Crippen LogP contribution in [0, 0.1) is 6.92 Å². The van der Waals surface area contributed by atoms with Gasteiger partial charge in [-0.3, -0.25) is 9.59 Å². The number of carbonyl (C=O) groups is 2. The number of ether oxygens (including phenoxy) is 1. The molecule has 0 spiro atoms. The summed E-state index contributed by atoms with van der Waals surface area (Å²) in [5.41, 5.74) is 1.04. The Morgan fingerprint density at radius 2 is 1.86 bits per heavy atom. The smallest absolute Gasteiger partial charge is 0.286 e. The Balaban J connectivity index is 1.63. The molecule has 2 aromatic carbocycles. The first-order valence-electron chi connectivity index (χ1n) is 8.74. The van der Waals surface area contributed by atoms with Gasteiger partial charge in [-0.2, -0.15) is 4.98 Å². The van der Waals surface area contributed by atoms with Crippen LogP contribution >= 0.6 is 11.8 Å². The number of carbonyl (C=O) groups excluding carboxylic acids is 2. The third-order valence-corrected chi connectivity index (χ3v) is 4.87. The number of aryl methyl sites for hydroxylation is 1. The molecule has 150 valence electrons. The molecule has 3 aromatic rings. The molecule has 1 aromatic heterocycles. The van der Waals surface area contributed by atoms with Gasteiger partial charge in [-0.05, 0) is 48.2 Å². The fraction of sp³-hybridized carbons (Fsp3) is 0.200. The van der Waals surface area contributed by atoms with E-state index in [0.717, 1.165) is 11.8 Å². The molecule has 2 amide bonds. The van der Waals surface area contributed by atoms with Crippen molar-refractivity contribution in [2.75, 3.05) is 19.4 Å². The maximum atomic E-state index is 12.6. The molecule has 0 atom stereocenters. The van der Waals surface area contributed by atoms with E-state index in [1.165, 1.54) is 4.90 Å². The summed E-state index contributed by atoms with van der Waals surface area (Å²) >= 11 is 1.06.